The molecule has 0 unspecified atom stereocenters. The van der Waals surface area contributed by atoms with E-state index in [-0.39, 0.29) is 5.69 Å². The SMILES string of the molecule is O=[N+]([O-])c1cc(Cl)ccc1Nc1ccc(Cl)cc1. The number of nitrogens with one attached hydrogen (secondary N) is 1. The van der Waals surface area contributed by atoms with Crippen LogP contribution in [0.3, 0.4) is 0 Å². The van der Waals surface area contributed by atoms with E-state index in [1.54, 1.807) is 36.4 Å². The van der Waals surface area contributed by atoms with Crippen LogP contribution in [0.25, 0.3) is 0 Å². The lowest BCUT2D eigenvalue weighted by molar-refractivity contribution is -0.383. The summed E-state index contributed by atoms with van der Waals surface area (Å²) in [5, 5.41) is 14.8. The van der Waals surface area contributed by atoms with Crippen molar-refractivity contribution in [2.75, 3.05) is 5.32 Å². The molecule has 0 spiro atoms. The summed E-state index contributed by atoms with van der Waals surface area (Å²) in [4.78, 5) is 10.4. The molecule has 92 valence electrons. The Morgan fingerprint density at radius 1 is 1.00 bits per heavy atom. The van der Waals surface area contributed by atoms with E-state index in [0.29, 0.717) is 21.4 Å². The summed E-state index contributed by atoms with van der Waals surface area (Å²) in [6.07, 6.45) is 0. The normalized spacial score (nSPS) is 10.1. The van der Waals surface area contributed by atoms with Crippen molar-refractivity contribution in [3.8, 4) is 0 Å². The van der Waals surface area contributed by atoms with Gasteiger partial charge >= 0.3 is 0 Å². The summed E-state index contributed by atoms with van der Waals surface area (Å²) in [5.41, 5.74) is 1.02. The van der Waals surface area contributed by atoms with Crippen molar-refractivity contribution >= 4 is 40.3 Å². The van der Waals surface area contributed by atoms with Gasteiger partial charge in [0.05, 0.1) is 4.92 Å². The molecule has 0 radical (unpaired) electrons. The Labute approximate surface area is 113 Å². The number of hydrogen-bond acceptors (Lipinski definition) is 3. The third kappa shape index (κ3) is 2.91. The molecule has 0 fully saturated rings. The van der Waals surface area contributed by atoms with Crippen LogP contribution < -0.4 is 5.32 Å². The maximum Gasteiger partial charge on any atom is 0.294 e. The van der Waals surface area contributed by atoms with E-state index in [0.717, 1.165) is 0 Å². The summed E-state index contributed by atoms with van der Waals surface area (Å²) in [7, 11) is 0. The van der Waals surface area contributed by atoms with E-state index in [1.807, 2.05) is 0 Å². The van der Waals surface area contributed by atoms with Crippen molar-refractivity contribution in [3.63, 3.8) is 0 Å². The molecule has 0 saturated heterocycles. The van der Waals surface area contributed by atoms with Crippen LogP contribution in [-0.4, -0.2) is 4.92 Å². The molecule has 2 aromatic rings. The summed E-state index contributed by atoms with van der Waals surface area (Å²) >= 11 is 11.5. The van der Waals surface area contributed by atoms with Crippen molar-refractivity contribution in [1.29, 1.82) is 0 Å². The average Bonchev–Trinajstić information content (AvgIpc) is 2.34. The highest BCUT2D eigenvalue weighted by Gasteiger charge is 2.14. The molecular formula is C12H8Cl2N2O2. The Kier molecular flexibility index (Phi) is 3.69. The molecule has 2 aromatic carbocycles. The van der Waals surface area contributed by atoms with Gasteiger partial charge in [-0.25, -0.2) is 0 Å². The zero-order valence-electron chi connectivity index (χ0n) is 9.06. The Hall–Kier alpha value is -1.78. The van der Waals surface area contributed by atoms with Gasteiger partial charge in [0.1, 0.15) is 5.69 Å². The van der Waals surface area contributed by atoms with Gasteiger partial charge < -0.3 is 5.32 Å². The van der Waals surface area contributed by atoms with Gasteiger partial charge in [0.15, 0.2) is 0 Å². The fraction of sp³-hybridized carbons (Fsp3) is 0. The van der Waals surface area contributed by atoms with E-state index in [9.17, 15) is 10.1 Å². The minimum atomic E-state index is -0.482. The van der Waals surface area contributed by atoms with Gasteiger partial charge in [-0.3, -0.25) is 10.1 Å². The molecule has 4 nitrogen and oxygen atoms in total. The second-order valence-electron chi connectivity index (χ2n) is 3.55. The smallest absolute Gasteiger partial charge is 0.294 e. The molecule has 0 amide bonds. The van der Waals surface area contributed by atoms with E-state index in [2.05, 4.69) is 5.32 Å². The standard InChI is InChI=1S/C12H8Cl2N2O2/c13-8-1-4-10(5-2-8)15-11-6-3-9(14)7-12(11)16(17)18/h1-7,15H. The zero-order valence-corrected chi connectivity index (χ0v) is 10.6. The summed E-state index contributed by atoms with van der Waals surface area (Å²) in [6, 6.07) is 11.3. The monoisotopic (exact) mass is 282 g/mol. The number of rotatable bonds is 3. The fourth-order valence-electron chi connectivity index (χ4n) is 1.45. The molecule has 0 aliphatic rings. The number of halogens is 2. The first kappa shape index (κ1) is 12.7. The second kappa shape index (κ2) is 5.25. The molecule has 0 atom stereocenters. The topological polar surface area (TPSA) is 55.2 Å². The average molecular weight is 283 g/mol. The van der Waals surface area contributed by atoms with Crippen LogP contribution in [0.1, 0.15) is 0 Å². The molecule has 2 rings (SSSR count). The Morgan fingerprint density at radius 2 is 1.61 bits per heavy atom. The second-order valence-corrected chi connectivity index (χ2v) is 4.42. The first-order valence-electron chi connectivity index (χ1n) is 5.03. The predicted molar refractivity (Wildman–Crippen MR) is 72.8 cm³/mol. The molecule has 0 saturated carbocycles. The van der Waals surface area contributed by atoms with Crippen LogP contribution in [0.5, 0.6) is 0 Å². The lowest BCUT2D eigenvalue weighted by Gasteiger charge is -2.07. The number of anilines is 2. The summed E-state index contributed by atoms with van der Waals surface area (Å²) in [6.45, 7) is 0. The lowest BCUT2D eigenvalue weighted by atomic mass is 10.2. The van der Waals surface area contributed by atoms with E-state index >= 15 is 0 Å². The van der Waals surface area contributed by atoms with Crippen molar-refractivity contribution in [1.82, 2.24) is 0 Å². The maximum atomic E-state index is 10.9. The lowest BCUT2D eigenvalue weighted by Crippen LogP contribution is -1.96. The van der Waals surface area contributed by atoms with Gasteiger partial charge in [-0.05, 0) is 36.4 Å². The zero-order chi connectivity index (χ0) is 13.1. The molecule has 0 aliphatic heterocycles. The van der Waals surface area contributed by atoms with Crippen LogP contribution in [0.15, 0.2) is 42.5 Å². The first-order chi connectivity index (χ1) is 8.56. The van der Waals surface area contributed by atoms with Crippen LogP contribution >= 0.6 is 23.2 Å². The third-order valence-corrected chi connectivity index (χ3v) is 2.77. The molecular weight excluding hydrogens is 275 g/mol. The first-order valence-corrected chi connectivity index (χ1v) is 5.78. The molecule has 1 N–H and O–H groups in total. The summed E-state index contributed by atoms with van der Waals surface area (Å²) in [5.74, 6) is 0. The highest BCUT2D eigenvalue weighted by Crippen LogP contribution is 2.30. The molecule has 6 heteroatoms. The van der Waals surface area contributed by atoms with Crippen molar-refractivity contribution < 1.29 is 4.92 Å². The van der Waals surface area contributed by atoms with Gasteiger partial charge in [0.25, 0.3) is 5.69 Å². The number of nitro groups is 1. The van der Waals surface area contributed by atoms with Gasteiger partial charge in [-0.15, -0.1) is 0 Å². The van der Waals surface area contributed by atoms with Crippen LogP contribution in [0, 0.1) is 10.1 Å². The minimum absolute atomic E-state index is 0.0718. The van der Waals surface area contributed by atoms with Gasteiger partial charge in [-0.1, -0.05) is 23.2 Å². The van der Waals surface area contributed by atoms with E-state index in [1.165, 1.54) is 6.07 Å². The number of benzene rings is 2. The van der Waals surface area contributed by atoms with Gasteiger partial charge in [-0.2, -0.15) is 0 Å². The summed E-state index contributed by atoms with van der Waals surface area (Å²) < 4.78 is 0. The third-order valence-electron chi connectivity index (χ3n) is 2.28. The number of hydrogen-bond donors (Lipinski definition) is 1. The van der Waals surface area contributed by atoms with Crippen molar-refractivity contribution in [3.05, 3.63) is 62.6 Å². The largest absolute Gasteiger partial charge is 0.350 e. The van der Waals surface area contributed by atoms with E-state index in [4.69, 9.17) is 23.2 Å². The highest BCUT2D eigenvalue weighted by molar-refractivity contribution is 6.31. The van der Waals surface area contributed by atoms with Crippen molar-refractivity contribution in [2.24, 2.45) is 0 Å². The van der Waals surface area contributed by atoms with Gasteiger partial charge in [0.2, 0.25) is 0 Å². The minimum Gasteiger partial charge on any atom is -0.350 e. The predicted octanol–water partition coefficient (Wildman–Crippen LogP) is 4.65. The number of nitro benzene ring substituents is 1. The van der Waals surface area contributed by atoms with Crippen LogP contribution in [-0.2, 0) is 0 Å². The molecule has 0 aromatic heterocycles. The Balaban J connectivity index is 2.34. The molecule has 0 heterocycles. The molecule has 0 aliphatic carbocycles. The Morgan fingerprint density at radius 3 is 2.22 bits per heavy atom. The quantitative estimate of drug-likeness (QED) is 0.659. The van der Waals surface area contributed by atoms with E-state index < -0.39 is 4.92 Å². The molecule has 0 bridgehead atoms. The maximum absolute atomic E-state index is 10.9. The van der Waals surface area contributed by atoms with Crippen LogP contribution in [0.2, 0.25) is 10.0 Å². The van der Waals surface area contributed by atoms with Gasteiger partial charge in [0, 0.05) is 21.8 Å². The van der Waals surface area contributed by atoms with Crippen molar-refractivity contribution in [2.45, 2.75) is 0 Å². The Bertz CT molecular complexity index is 585. The molecule has 18 heavy (non-hydrogen) atoms. The van der Waals surface area contributed by atoms with Crippen LogP contribution in [0.4, 0.5) is 17.1 Å². The number of nitrogens with zero attached hydrogens (tertiary/aromatic N) is 1. The highest BCUT2D eigenvalue weighted by atomic mass is 35.5. The fourth-order valence-corrected chi connectivity index (χ4v) is 1.74.